The fraction of sp³-hybridized carbons (Fsp3) is 0.429. The predicted molar refractivity (Wildman–Crippen MR) is 74.0 cm³/mol. The van der Waals surface area contributed by atoms with Crippen LogP contribution in [0.1, 0.15) is 5.56 Å². The molecule has 0 atom stereocenters. The molecule has 1 saturated heterocycles. The van der Waals surface area contributed by atoms with Gasteiger partial charge in [-0.1, -0.05) is 30.3 Å². The lowest BCUT2D eigenvalue weighted by molar-refractivity contribution is -0.0426. The highest BCUT2D eigenvalue weighted by Gasteiger charge is 2.30. The molecule has 0 bridgehead atoms. The van der Waals surface area contributed by atoms with Gasteiger partial charge >= 0.3 is 12.2 Å². The molecule has 1 aliphatic rings. The first kappa shape index (κ1) is 15.1. The predicted octanol–water partition coefficient (Wildman–Crippen LogP) is 1.29. The Balaban J connectivity index is 1.49. The second kappa shape index (κ2) is 7.49. The second-order valence-electron chi connectivity index (χ2n) is 4.67. The summed E-state index contributed by atoms with van der Waals surface area (Å²) in [4.78, 5) is 23.2. The molecule has 7 nitrogen and oxygen atoms in total. The van der Waals surface area contributed by atoms with Gasteiger partial charge in [-0.05, 0) is 5.56 Å². The maximum atomic E-state index is 11.4. The minimum absolute atomic E-state index is 0.0803. The van der Waals surface area contributed by atoms with Crippen molar-refractivity contribution >= 4 is 12.2 Å². The van der Waals surface area contributed by atoms with Crippen LogP contribution in [0, 0.1) is 0 Å². The molecule has 0 saturated carbocycles. The molecule has 1 aliphatic heterocycles. The topological polar surface area (TPSA) is 88.1 Å². The zero-order valence-electron chi connectivity index (χ0n) is 11.5. The Morgan fingerprint density at radius 3 is 2.67 bits per heavy atom. The van der Waals surface area contributed by atoms with Gasteiger partial charge in [0.05, 0.1) is 25.8 Å². The van der Waals surface area contributed by atoms with Crippen LogP contribution >= 0.6 is 0 Å². The molecule has 1 fully saturated rings. The summed E-state index contributed by atoms with van der Waals surface area (Å²) in [6.45, 7) is 1.65. The van der Waals surface area contributed by atoms with Gasteiger partial charge in [-0.25, -0.2) is 9.59 Å². The van der Waals surface area contributed by atoms with Crippen molar-refractivity contribution in [3.05, 3.63) is 35.9 Å². The fourth-order valence-electron chi connectivity index (χ4n) is 1.85. The molecule has 0 radical (unpaired) electrons. The summed E-state index contributed by atoms with van der Waals surface area (Å²) in [6.07, 6.45) is -1.51. The number of carboxylic acid groups (broad SMARTS) is 1. The van der Waals surface area contributed by atoms with Crippen LogP contribution in [0.3, 0.4) is 0 Å². The number of hydrogen-bond acceptors (Lipinski definition) is 4. The van der Waals surface area contributed by atoms with Crippen LogP contribution < -0.4 is 5.32 Å². The van der Waals surface area contributed by atoms with E-state index in [-0.39, 0.29) is 12.7 Å². The van der Waals surface area contributed by atoms with Crippen LogP contribution in [0.25, 0.3) is 0 Å². The molecule has 1 aromatic carbocycles. The van der Waals surface area contributed by atoms with Crippen LogP contribution in [-0.4, -0.2) is 54.5 Å². The molecule has 114 valence electrons. The van der Waals surface area contributed by atoms with Gasteiger partial charge < -0.3 is 24.8 Å². The number of carbonyl (C=O) groups excluding carboxylic acids is 1. The van der Waals surface area contributed by atoms with E-state index in [0.29, 0.717) is 26.2 Å². The van der Waals surface area contributed by atoms with Crippen molar-refractivity contribution in [3.8, 4) is 0 Å². The minimum atomic E-state index is -0.933. The van der Waals surface area contributed by atoms with Crippen molar-refractivity contribution in [1.82, 2.24) is 10.2 Å². The monoisotopic (exact) mass is 294 g/mol. The van der Waals surface area contributed by atoms with Crippen molar-refractivity contribution in [2.45, 2.75) is 12.7 Å². The summed E-state index contributed by atoms with van der Waals surface area (Å²) in [5, 5.41) is 11.2. The van der Waals surface area contributed by atoms with E-state index < -0.39 is 12.2 Å². The number of likely N-dealkylation sites (tertiary alicyclic amines) is 1. The lowest BCUT2D eigenvalue weighted by atomic mass is 10.2. The van der Waals surface area contributed by atoms with Crippen LogP contribution in [0.2, 0.25) is 0 Å². The molecule has 0 aromatic heterocycles. The Hall–Kier alpha value is -2.28. The average molecular weight is 294 g/mol. The van der Waals surface area contributed by atoms with Crippen molar-refractivity contribution in [2.75, 3.05) is 26.2 Å². The number of nitrogens with one attached hydrogen (secondary N) is 1. The molecular formula is C14H18N2O5. The number of benzene rings is 1. The van der Waals surface area contributed by atoms with E-state index in [1.807, 2.05) is 30.3 Å². The number of alkyl carbamates (subject to hydrolysis) is 1. The number of amides is 2. The summed E-state index contributed by atoms with van der Waals surface area (Å²) in [7, 11) is 0. The average Bonchev–Trinajstić information content (AvgIpc) is 2.43. The van der Waals surface area contributed by atoms with E-state index in [0.717, 1.165) is 5.56 Å². The number of carbonyl (C=O) groups is 2. The maximum absolute atomic E-state index is 11.4. The quantitative estimate of drug-likeness (QED) is 0.772. The van der Waals surface area contributed by atoms with Gasteiger partial charge in [0.15, 0.2) is 0 Å². The Bertz CT molecular complexity index is 474. The second-order valence-corrected chi connectivity index (χ2v) is 4.67. The van der Waals surface area contributed by atoms with E-state index >= 15 is 0 Å². The molecule has 2 N–H and O–H groups in total. The Kier molecular flexibility index (Phi) is 5.39. The minimum Gasteiger partial charge on any atom is -0.465 e. The highest BCUT2D eigenvalue weighted by Crippen LogP contribution is 2.10. The lowest BCUT2D eigenvalue weighted by Gasteiger charge is -2.36. The van der Waals surface area contributed by atoms with Crippen LogP contribution in [0.4, 0.5) is 9.59 Å². The number of rotatable bonds is 6. The Labute approximate surface area is 122 Å². The summed E-state index contributed by atoms with van der Waals surface area (Å²) < 4.78 is 10.4. The van der Waals surface area contributed by atoms with Gasteiger partial charge in [-0.3, -0.25) is 0 Å². The standard InChI is InChI=1S/C14H18N2O5/c17-13(21-10-11-4-2-1-3-5-11)15-6-7-20-12-8-16(9-12)14(18)19/h1-5,12H,6-10H2,(H,15,17)(H,18,19). The van der Waals surface area contributed by atoms with Gasteiger partial charge in [0.2, 0.25) is 0 Å². The number of ether oxygens (including phenoxy) is 2. The lowest BCUT2D eigenvalue weighted by Crippen LogP contribution is -2.54. The molecule has 2 amide bonds. The fourth-order valence-corrected chi connectivity index (χ4v) is 1.85. The van der Waals surface area contributed by atoms with E-state index in [2.05, 4.69) is 5.32 Å². The van der Waals surface area contributed by atoms with Crippen molar-refractivity contribution in [2.24, 2.45) is 0 Å². The smallest absolute Gasteiger partial charge is 0.407 e. The van der Waals surface area contributed by atoms with E-state index in [4.69, 9.17) is 14.6 Å². The van der Waals surface area contributed by atoms with Crippen LogP contribution in [0.15, 0.2) is 30.3 Å². The first-order valence-corrected chi connectivity index (χ1v) is 6.69. The maximum Gasteiger partial charge on any atom is 0.407 e. The first-order chi connectivity index (χ1) is 10.1. The first-order valence-electron chi connectivity index (χ1n) is 6.69. The normalized spacial score (nSPS) is 14.4. The van der Waals surface area contributed by atoms with Gasteiger partial charge in [-0.2, -0.15) is 0 Å². The highest BCUT2D eigenvalue weighted by atomic mass is 16.5. The molecule has 0 unspecified atom stereocenters. The van der Waals surface area contributed by atoms with Gasteiger partial charge in [0.25, 0.3) is 0 Å². The molecular weight excluding hydrogens is 276 g/mol. The molecule has 1 aromatic rings. The summed E-state index contributed by atoms with van der Waals surface area (Å²) in [5.74, 6) is 0. The Morgan fingerprint density at radius 2 is 2.00 bits per heavy atom. The van der Waals surface area contributed by atoms with Crippen molar-refractivity contribution in [3.63, 3.8) is 0 Å². The summed E-state index contributed by atoms with van der Waals surface area (Å²) >= 11 is 0. The van der Waals surface area contributed by atoms with Crippen LogP contribution in [0.5, 0.6) is 0 Å². The van der Waals surface area contributed by atoms with Gasteiger partial charge in [-0.15, -0.1) is 0 Å². The highest BCUT2D eigenvalue weighted by molar-refractivity contribution is 5.67. The zero-order chi connectivity index (χ0) is 15.1. The van der Waals surface area contributed by atoms with E-state index in [1.54, 1.807) is 0 Å². The molecule has 7 heteroatoms. The third kappa shape index (κ3) is 4.96. The third-order valence-corrected chi connectivity index (χ3v) is 3.06. The summed E-state index contributed by atoms with van der Waals surface area (Å²) in [5.41, 5.74) is 0.923. The SMILES string of the molecule is O=C(NCCOC1CN(C(=O)O)C1)OCc1ccccc1. The molecule has 0 aliphatic carbocycles. The van der Waals surface area contributed by atoms with Crippen molar-refractivity contribution < 1.29 is 24.2 Å². The number of nitrogens with zero attached hydrogens (tertiary/aromatic N) is 1. The molecule has 2 rings (SSSR count). The Morgan fingerprint density at radius 1 is 1.29 bits per heavy atom. The largest absolute Gasteiger partial charge is 0.465 e. The van der Waals surface area contributed by atoms with Crippen molar-refractivity contribution in [1.29, 1.82) is 0 Å². The van der Waals surface area contributed by atoms with Crippen LogP contribution in [-0.2, 0) is 16.1 Å². The molecule has 1 heterocycles. The van der Waals surface area contributed by atoms with Gasteiger partial charge in [0.1, 0.15) is 6.61 Å². The van der Waals surface area contributed by atoms with E-state index in [9.17, 15) is 9.59 Å². The van der Waals surface area contributed by atoms with E-state index in [1.165, 1.54) is 4.90 Å². The number of hydrogen-bond donors (Lipinski definition) is 2. The molecule has 21 heavy (non-hydrogen) atoms. The summed E-state index contributed by atoms with van der Waals surface area (Å²) in [6, 6.07) is 9.40. The van der Waals surface area contributed by atoms with Gasteiger partial charge in [0, 0.05) is 6.54 Å². The molecule has 0 spiro atoms. The zero-order valence-corrected chi connectivity index (χ0v) is 11.5. The third-order valence-electron chi connectivity index (χ3n) is 3.06.